The van der Waals surface area contributed by atoms with E-state index in [0.29, 0.717) is 17.1 Å². The molecule has 0 atom stereocenters. The molecular formula is C18H19N3O5S. The van der Waals surface area contributed by atoms with Gasteiger partial charge in [-0.25, -0.2) is 9.59 Å². The minimum Gasteiger partial charge on any atom is -0.452 e. The number of amides is 4. The highest BCUT2D eigenvalue weighted by atomic mass is 32.1. The number of benzene rings is 1. The average Bonchev–Trinajstić information content (AvgIpc) is 3.19. The number of urea groups is 1. The molecule has 0 aliphatic carbocycles. The van der Waals surface area contributed by atoms with Crippen molar-refractivity contribution in [1.29, 1.82) is 0 Å². The second-order valence-electron chi connectivity index (χ2n) is 5.34. The maximum absolute atomic E-state index is 12.5. The van der Waals surface area contributed by atoms with Crippen LogP contribution in [0.2, 0.25) is 0 Å². The molecular weight excluding hydrogens is 370 g/mol. The monoisotopic (exact) mass is 389 g/mol. The molecule has 4 amide bonds. The molecule has 2 N–H and O–H groups in total. The molecule has 0 bridgehead atoms. The molecule has 2 rings (SSSR count). The van der Waals surface area contributed by atoms with Crippen LogP contribution in [0.1, 0.15) is 27.0 Å². The van der Waals surface area contributed by atoms with Crippen LogP contribution < -0.4 is 15.5 Å². The number of nitrogens with zero attached hydrogens (tertiary/aromatic N) is 1. The first-order valence-electron chi connectivity index (χ1n) is 8.09. The molecule has 8 nitrogen and oxygen atoms in total. The highest BCUT2D eigenvalue weighted by molar-refractivity contribution is 7.12. The maximum Gasteiger partial charge on any atom is 0.340 e. The summed E-state index contributed by atoms with van der Waals surface area (Å²) in [5, 5.41) is 6.21. The van der Waals surface area contributed by atoms with Gasteiger partial charge in [-0.1, -0.05) is 18.2 Å². The van der Waals surface area contributed by atoms with Gasteiger partial charge >= 0.3 is 12.0 Å². The second-order valence-corrected chi connectivity index (χ2v) is 6.29. The number of hydrogen-bond donors (Lipinski definition) is 2. The van der Waals surface area contributed by atoms with Gasteiger partial charge < -0.3 is 15.0 Å². The number of imide groups is 1. The zero-order valence-corrected chi connectivity index (χ0v) is 15.7. The Labute approximate surface area is 160 Å². The van der Waals surface area contributed by atoms with Crippen LogP contribution in [-0.4, -0.2) is 44.0 Å². The summed E-state index contributed by atoms with van der Waals surface area (Å²) in [7, 11) is 1.55. The van der Waals surface area contributed by atoms with Gasteiger partial charge in [-0.3, -0.25) is 14.9 Å². The summed E-state index contributed by atoms with van der Waals surface area (Å²) in [4.78, 5) is 49.6. The lowest BCUT2D eigenvalue weighted by atomic mass is 10.1. The van der Waals surface area contributed by atoms with Gasteiger partial charge in [0, 0.05) is 13.6 Å². The molecule has 9 heteroatoms. The van der Waals surface area contributed by atoms with Gasteiger partial charge in [0.2, 0.25) is 0 Å². The smallest absolute Gasteiger partial charge is 0.340 e. The van der Waals surface area contributed by atoms with Crippen LogP contribution in [0.3, 0.4) is 0 Å². The first kappa shape index (κ1) is 20.1. The van der Waals surface area contributed by atoms with Crippen LogP contribution in [0.15, 0.2) is 41.8 Å². The Morgan fingerprint density at radius 1 is 1.11 bits per heavy atom. The van der Waals surface area contributed by atoms with E-state index in [0.717, 1.165) is 0 Å². The molecule has 2 aromatic rings. The van der Waals surface area contributed by atoms with E-state index in [1.807, 2.05) is 5.32 Å². The molecule has 1 heterocycles. The normalized spacial score (nSPS) is 10.0. The zero-order valence-electron chi connectivity index (χ0n) is 14.9. The van der Waals surface area contributed by atoms with Gasteiger partial charge in [0.25, 0.3) is 11.8 Å². The number of nitrogens with one attached hydrogen (secondary N) is 2. The number of hydrogen-bond acceptors (Lipinski definition) is 6. The number of carbonyl (C=O) groups excluding carboxylic acids is 4. The van der Waals surface area contributed by atoms with E-state index in [1.54, 1.807) is 49.7 Å². The van der Waals surface area contributed by atoms with Gasteiger partial charge in [0.15, 0.2) is 6.61 Å². The van der Waals surface area contributed by atoms with Crippen molar-refractivity contribution < 1.29 is 23.9 Å². The van der Waals surface area contributed by atoms with E-state index in [4.69, 9.17) is 4.74 Å². The third kappa shape index (κ3) is 5.38. The van der Waals surface area contributed by atoms with Gasteiger partial charge in [-0.15, -0.1) is 11.3 Å². The molecule has 0 unspecified atom stereocenters. The molecule has 1 aromatic heterocycles. The minimum absolute atomic E-state index is 0.135. The fourth-order valence-electron chi connectivity index (χ4n) is 2.19. The van der Waals surface area contributed by atoms with Crippen molar-refractivity contribution in [2.45, 2.75) is 6.92 Å². The molecule has 0 aliphatic heterocycles. The molecule has 0 fully saturated rings. The van der Waals surface area contributed by atoms with Crippen molar-refractivity contribution >= 4 is 40.8 Å². The third-order valence-corrected chi connectivity index (χ3v) is 4.30. The molecule has 0 saturated heterocycles. The molecule has 27 heavy (non-hydrogen) atoms. The largest absolute Gasteiger partial charge is 0.452 e. The van der Waals surface area contributed by atoms with E-state index in [-0.39, 0.29) is 11.5 Å². The summed E-state index contributed by atoms with van der Waals surface area (Å²) in [6.07, 6.45) is 0. The maximum atomic E-state index is 12.5. The van der Waals surface area contributed by atoms with Crippen LogP contribution in [0.5, 0.6) is 0 Å². The van der Waals surface area contributed by atoms with Gasteiger partial charge in [0.05, 0.1) is 16.1 Å². The fraction of sp³-hybridized carbons (Fsp3) is 0.222. The third-order valence-electron chi connectivity index (χ3n) is 3.45. The summed E-state index contributed by atoms with van der Waals surface area (Å²) < 4.78 is 4.96. The van der Waals surface area contributed by atoms with Crippen LogP contribution in [0.25, 0.3) is 0 Å². The SMILES string of the molecule is CCNC(=O)NC(=O)COC(=O)c1ccccc1N(C)C(=O)c1cccs1. The highest BCUT2D eigenvalue weighted by Gasteiger charge is 2.21. The highest BCUT2D eigenvalue weighted by Crippen LogP contribution is 2.23. The summed E-state index contributed by atoms with van der Waals surface area (Å²) in [5.74, 6) is -1.79. The van der Waals surface area contributed by atoms with E-state index in [2.05, 4.69) is 5.32 Å². The molecule has 0 spiro atoms. The molecule has 1 aromatic carbocycles. The molecule has 0 radical (unpaired) electrons. The molecule has 0 saturated carbocycles. The molecule has 0 aliphatic rings. The Hall–Kier alpha value is -3.20. The summed E-state index contributed by atoms with van der Waals surface area (Å²) >= 11 is 1.29. The average molecular weight is 389 g/mol. The van der Waals surface area contributed by atoms with Crippen LogP contribution in [0.4, 0.5) is 10.5 Å². The van der Waals surface area contributed by atoms with E-state index in [9.17, 15) is 19.2 Å². The number of anilines is 1. The fourth-order valence-corrected chi connectivity index (χ4v) is 2.89. The number of esters is 1. The van der Waals surface area contributed by atoms with Gasteiger partial charge in [-0.2, -0.15) is 0 Å². The predicted octanol–water partition coefficient (Wildman–Crippen LogP) is 2.03. The Morgan fingerprint density at radius 2 is 1.85 bits per heavy atom. The van der Waals surface area contributed by atoms with Gasteiger partial charge in [-0.05, 0) is 30.5 Å². The Morgan fingerprint density at radius 3 is 2.52 bits per heavy atom. The van der Waals surface area contributed by atoms with E-state index < -0.39 is 24.5 Å². The summed E-state index contributed by atoms with van der Waals surface area (Å²) in [6, 6.07) is 9.20. The van der Waals surface area contributed by atoms with Crippen LogP contribution in [-0.2, 0) is 9.53 Å². The number of para-hydroxylation sites is 1. The summed E-state index contributed by atoms with van der Waals surface area (Å²) in [5.41, 5.74) is 0.487. The minimum atomic E-state index is -0.775. The summed E-state index contributed by atoms with van der Waals surface area (Å²) in [6.45, 7) is 1.44. The van der Waals surface area contributed by atoms with Crippen LogP contribution >= 0.6 is 11.3 Å². The van der Waals surface area contributed by atoms with Crippen molar-refractivity contribution in [3.63, 3.8) is 0 Å². The number of rotatable bonds is 6. The van der Waals surface area contributed by atoms with Crippen LogP contribution in [0, 0.1) is 0 Å². The van der Waals surface area contributed by atoms with Crippen molar-refractivity contribution in [1.82, 2.24) is 10.6 Å². The second kappa shape index (κ2) is 9.48. The Kier molecular flexibility index (Phi) is 7.07. The van der Waals surface area contributed by atoms with Crippen molar-refractivity contribution in [3.05, 3.63) is 52.2 Å². The Bertz CT molecular complexity index is 835. The lowest BCUT2D eigenvalue weighted by molar-refractivity contribution is -0.123. The lowest BCUT2D eigenvalue weighted by Gasteiger charge is -2.19. The lowest BCUT2D eigenvalue weighted by Crippen LogP contribution is -2.41. The Balaban J connectivity index is 2.06. The van der Waals surface area contributed by atoms with Gasteiger partial charge in [0.1, 0.15) is 0 Å². The van der Waals surface area contributed by atoms with Crippen molar-refractivity contribution in [2.24, 2.45) is 0 Å². The van der Waals surface area contributed by atoms with Crippen molar-refractivity contribution in [3.8, 4) is 0 Å². The predicted molar refractivity (Wildman–Crippen MR) is 101 cm³/mol. The number of thiophene rings is 1. The number of carbonyl (C=O) groups is 4. The quantitative estimate of drug-likeness (QED) is 0.736. The van der Waals surface area contributed by atoms with E-state index in [1.165, 1.54) is 22.3 Å². The zero-order chi connectivity index (χ0) is 19.8. The first-order chi connectivity index (χ1) is 12.9. The van der Waals surface area contributed by atoms with Crippen molar-refractivity contribution in [2.75, 3.05) is 25.1 Å². The first-order valence-corrected chi connectivity index (χ1v) is 8.97. The van der Waals surface area contributed by atoms with E-state index >= 15 is 0 Å². The molecule has 142 valence electrons. The topological polar surface area (TPSA) is 105 Å². The number of ether oxygens (including phenoxy) is 1. The standard InChI is InChI=1S/C18H19N3O5S/c1-3-19-18(25)20-15(22)11-26-17(24)12-7-4-5-8-13(12)21(2)16(23)14-9-6-10-27-14/h4-10H,3,11H2,1-2H3,(H2,19,20,22,25).